The molecular weight excluding hydrogens is 368 g/mol. The lowest BCUT2D eigenvalue weighted by atomic mass is 10.1. The van der Waals surface area contributed by atoms with Crippen LogP contribution in [0.3, 0.4) is 0 Å². The first-order valence-corrected chi connectivity index (χ1v) is 10.3. The highest BCUT2D eigenvalue weighted by Crippen LogP contribution is 2.26. The van der Waals surface area contributed by atoms with Crippen molar-refractivity contribution in [3.05, 3.63) is 95.1 Å². The summed E-state index contributed by atoms with van der Waals surface area (Å²) in [6.07, 6.45) is 13.5. The molecule has 0 saturated heterocycles. The molecule has 30 heavy (non-hydrogen) atoms. The summed E-state index contributed by atoms with van der Waals surface area (Å²) in [6, 6.07) is 16.7. The number of carbonyl (C=O) groups is 1. The van der Waals surface area contributed by atoms with E-state index in [1.165, 1.54) is 11.4 Å². The Kier molecular flexibility index (Phi) is 7.08. The topological polar surface area (TPSA) is 23.6 Å². The molecule has 1 fully saturated rings. The Morgan fingerprint density at radius 3 is 1.33 bits per heavy atom. The van der Waals surface area contributed by atoms with Gasteiger partial charge in [-0.2, -0.15) is 0 Å². The number of allylic oxidation sites excluding steroid dienone is 6. The third kappa shape index (κ3) is 5.60. The molecule has 1 saturated carbocycles. The monoisotopic (exact) mass is 398 g/mol. The molecule has 0 aliphatic heterocycles. The zero-order valence-electron chi connectivity index (χ0n) is 18.3. The van der Waals surface area contributed by atoms with Gasteiger partial charge < -0.3 is 9.80 Å². The number of anilines is 2. The van der Waals surface area contributed by atoms with E-state index in [9.17, 15) is 4.79 Å². The van der Waals surface area contributed by atoms with E-state index < -0.39 is 0 Å². The Morgan fingerprint density at radius 2 is 1.00 bits per heavy atom. The molecular formula is C27H30N2O. The lowest BCUT2D eigenvalue weighted by Crippen LogP contribution is -2.07. The van der Waals surface area contributed by atoms with Crippen LogP contribution >= 0.6 is 0 Å². The van der Waals surface area contributed by atoms with Crippen LogP contribution in [0.5, 0.6) is 0 Å². The summed E-state index contributed by atoms with van der Waals surface area (Å²) in [5.74, 6) is 0.162. The average molecular weight is 399 g/mol. The second-order valence-corrected chi connectivity index (χ2v) is 7.90. The molecule has 0 spiro atoms. The third-order valence-corrected chi connectivity index (χ3v) is 5.24. The third-order valence-electron chi connectivity index (χ3n) is 5.24. The van der Waals surface area contributed by atoms with Crippen molar-refractivity contribution < 1.29 is 4.79 Å². The first-order chi connectivity index (χ1) is 14.4. The van der Waals surface area contributed by atoms with Gasteiger partial charge in [-0.05, 0) is 48.2 Å². The number of Topliss-reactive ketones (excluding diaryl/α,β-unsaturated/α-hetero) is 1. The van der Waals surface area contributed by atoms with Crippen LogP contribution < -0.4 is 9.80 Å². The molecule has 0 atom stereocenters. The maximum Gasteiger partial charge on any atom is 0.185 e. The van der Waals surface area contributed by atoms with E-state index >= 15 is 0 Å². The maximum absolute atomic E-state index is 12.6. The molecule has 3 nitrogen and oxygen atoms in total. The van der Waals surface area contributed by atoms with E-state index in [0.29, 0.717) is 0 Å². The summed E-state index contributed by atoms with van der Waals surface area (Å²) in [6.45, 7) is 0. The second-order valence-electron chi connectivity index (χ2n) is 7.90. The summed E-state index contributed by atoms with van der Waals surface area (Å²) in [5.41, 5.74) is 6.36. The molecule has 1 aliphatic rings. The predicted molar refractivity (Wildman–Crippen MR) is 130 cm³/mol. The van der Waals surface area contributed by atoms with Crippen LogP contribution in [0.25, 0.3) is 12.2 Å². The number of hydrogen-bond acceptors (Lipinski definition) is 3. The average Bonchev–Trinajstić information content (AvgIpc) is 3.08. The van der Waals surface area contributed by atoms with E-state index in [2.05, 4.69) is 58.3 Å². The van der Waals surface area contributed by atoms with Crippen LogP contribution in [0, 0.1) is 0 Å². The largest absolute Gasteiger partial charge is 0.378 e. The lowest BCUT2D eigenvalue weighted by Gasteiger charge is -2.11. The standard InChI is InChI=1S/C27H30N2O/c1-28(2)25-17-11-21(12-18-25)7-5-9-23-15-16-24(27(23)30)10-6-8-22-13-19-26(20-14-22)29(3)4/h5-14,17-20H,15-16H2,1-4H3/b7-5+,8-6+,23-9+,24-10+. The Hall–Kier alpha value is -3.33. The quantitative estimate of drug-likeness (QED) is 0.578. The van der Waals surface area contributed by atoms with Crippen molar-refractivity contribution in [3.8, 4) is 0 Å². The number of nitrogens with zero attached hydrogens (tertiary/aromatic N) is 2. The number of carbonyl (C=O) groups excluding carboxylic acids is 1. The van der Waals surface area contributed by atoms with E-state index in [1.807, 2.05) is 64.6 Å². The number of benzene rings is 2. The fraction of sp³-hybridized carbons (Fsp3) is 0.222. The van der Waals surface area contributed by atoms with Crippen molar-refractivity contribution in [1.82, 2.24) is 0 Å². The molecule has 2 aromatic carbocycles. The minimum absolute atomic E-state index is 0.162. The van der Waals surface area contributed by atoms with Crippen molar-refractivity contribution in [2.45, 2.75) is 12.8 Å². The van der Waals surface area contributed by atoms with Gasteiger partial charge in [0.05, 0.1) is 0 Å². The summed E-state index contributed by atoms with van der Waals surface area (Å²) < 4.78 is 0. The van der Waals surface area contributed by atoms with Crippen LogP contribution in [0.4, 0.5) is 11.4 Å². The lowest BCUT2D eigenvalue weighted by molar-refractivity contribution is -0.111. The zero-order chi connectivity index (χ0) is 21.5. The maximum atomic E-state index is 12.6. The predicted octanol–water partition coefficient (Wildman–Crippen LogP) is 5.76. The van der Waals surface area contributed by atoms with Crippen molar-refractivity contribution in [2.75, 3.05) is 38.0 Å². The Morgan fingerprint density at radius 1 is 0.633 bits per heavy atom. The Balaban J connectivity index is 1.60. The summed E-state index contributed by atoms with van der Waals surface area (Å²) in [7, 11) is 8.12. The zero-order valence-corrected chi connectivity index (χ0v) is 18.3. The van der Waals surface area contributed by atoms with Gasteiger partial charge in [0.1, 0.15) is 0 Å². The first-order valence-electron chi connectivity index (χ1n) is 10.3. The van der Waals surface area contributed by atoms with E-state index in [4.69, 9.17) is 0 Å². The molecule has 0 unspecified atom stereocenters. The molecule has 0 amide bonds. The van der Waals surface area contributed by atoms with Gasteiger partial charge >= 0.3 is 0 Å². The summed E-state index contributed by atoms with van der Waals surface area (Å²) in [5, 5.41) is 0. The highest BCUT2D eigenvalue weighted by molar-refractivity contribution is 6.11. The Labute approximate surface area is 180 Å². The van der Waals surface area contributed by atoms with Gasteiger partial charge in [0, 0.05) is 50.7 Å². The van der Waals surface area contributed by atoms with Crippen LogP contribution in [0.15, 0.2) is 84.0 Å². The molecule has 2 aromatic rings. The van der Waals surface area contributed by atoms with Crippen molar-refractivity contribution in [2.24, 2.45) is 0 Å². The van der Waals surface area contributed by atoms with E-state index in [-0.39, 0.29) is 5.78 Å². The van der Waals surface area contributed by atoms with Crippen molar-refractivity contribution in [3.63, 3.8) is 0 Å². The van der Waals surface area contributed by atoms with Gasteiger partial charge in [-0.25, -0.2) is 0 Å². The van der Waals surface area contributed by atoms with E-state index in [0.717, 1.165) is 35.1 Å². The fourth-order valence-electron chi connectivity index (χ4n) is 3.34. The molecule has 0 N–H and O–H groups in total. The van der Waals surface area contributed by atoms with Crippen LogP contribution in [0.1, 0.15) is 24.0 Å². The fourth-order valence-corrected chi connectivity index (χ4v) is 3.34. The normalized spacial score (nSPS) is 17.0. The first kappa shape index (κ1) is 21.4. The number of ketones is 1. The SMILES string of the molecule is CN(C)c1ccc(/C=C/C=C2\CC/C(=C\C=C\c3ccc(N(C)C)cc3)C2=O)cc1. The van der Waals surface area contributed by atoms with Gasteiger partial charge in [-0.3, -0.25) is 4.79 Å². The molecule has 0 aromatic heterocycles. The number of hydrogen-bond donors (Lipinski definition) is 0. The van der Waals surface area contributed by atoms with Crippen LogP contribution in [-0.2, 0) is 4.79 Å². The van der Waals surface area contributed by atoms with Crippen molar-refractivity contribution in [1.29, 1.82) is 0 Å². The molecule has 0 radical (unpaired) electrons. The van der Waals surface area contributed by atoms with E-state index in [1.54, 1.807) is 0 Å². The highest BCUT2D eigenvalue weighted by atomic mass is 16.1. The molecule has 1 aliphatic carbocycles. The van der Waals surface area contributed by atoms with Gasteiger partial charge in [-0.1, -0.05) is 60.7 Å². The van der Waals surface area contributed by atoms with Gasteiger partial charge in [0.15, 0.2) is 5.78 Å². The van der Waals surface area contributed by atoms with Gasteiger partial charge in [-0.15, -0.1) is 0 Å². The van der Waals surface area contributed by atoms with Crippen molar-refractivity contribution >= 4 is 29.3 Å². The van der Waals surface area contributed by atoms with Crippen LogP contribution in [0.2, 0.25) is 0 Å². The van der Waals surface area contributed by atoms with Crippen LogP contribution in [-0.4, -0.2) is 34.0 Å². The molecule has 0 bridgehead atoms. The summed E-state index contributed by atoms with van der Waals surface area (Å²) >= 11 is 0. The smallest absolute Gasteiger partial charge is 0.185 e. The molecule has 3 rings (SSSR count). The highest BCUT2D eigenvalue weighted by Gasteiger charge is 2.21. The number of rotatable bonds is 6. The second kappa shape index (κ2) is 9.93. The minimum atomic E-state index is 0.162. The summed E-state index contributed by atoms with van der Waals surface area (Å²) in [4.78, 5) is 16.8. The molecule has 3 heteroatoms. The van der Waals surface area contributed by atoms with Gasteiger partial charge in [0.25, 0.3) is 0 Å². The molecule has 0 heterocycles. The minimum Gasteiger partial charge on any atom is -0.378 e. The Bertz CT molecular complexity index is 907. The van der Waals surface area contributed by atoms with Gasteiger partial charge in [0.2, 0.25) is 0 Å². The molecule has 154 valence electrons.